The summed E-state index contributed by atoms with van der Waals surface area (Å²) in [6.07, 6.45) is -0.584. The Morgan fingerprint density at radius 3 is 3.00 bits per heavy atom. The molecule has 15 heavy (non-hydrogen) atoms. The predicted molar refractivity (Wildman–Crippen MR) is 52.4 cm³/mol. The lowest BCUT2D eigenvalue weighted by molar-refractivity contribution is -0.122. The molecule has 0 aliphatic carbocycles. The smallest absolute Gasteiger partial charge is 0.407 e. The second kappa shape index (κ2) is 3.52. The van der Waals surface area contributed by atoms with Crippen LogP contribution < -0.4 is 5.43 Å². The molecule has 2 N–H and O–H groups in total. The van der Waals surface area contributed by atoms with Gasteiger partial charge in [-0.15, -0.1) is 0 Å². The van der Waals surface area contributed by atoms with E-state index in [2.05, 4.69) is 10.5 Å². The molecule has 0 bridgehead atoms. The maximum absolute atomic E-state index is 11.1. The number of nitrogens with zero attached hydrogens (tertiary/aromatic N) is 2. The van der Waals surface area contributed by atoms with E-state index in [4.69, 9.17) is 5.11 Å². The molecule has 0 aromatic rings. The minimum absolute atomic E-state index is 0.0430. The van der Waals surface area contributed by atoms with Crippen LogP contribution in [0.25, 0.3) is 0 Å². The number of rotatable bonds is 0. The molecule has 0 aromatic carbocycles. The van der Waals surface area contributed by atoms with Crippen molar-refractivity contribution in [2.75, 3.05) is 13.1 Å². The summed E-state index contributed by atoms with van der Waals surface area (Å²) in [6.45, 7) is 2.77. The van der Waals surface area contributed by atoms with Crippen molar-refractivity contribution >= 4 is 17.7 Å². The summed E-state index contributed by atoms with van der Waals surface area (Å²) in [5, 5.41) is 12.9. The largest absolute Gasteiger partial charge is 0.465 e. The lowest BCUT2D eigenvalue weighted by Crippen LogP contribution is -2.51. The number of amides is 2. The van der Waals surface area contributed by atoms with Crippen molar-refractivity contribution < 1.29 is 14.7 Å². The zero-order chi connectivity index (χ0) is 11.0. The van der Waals surface area contributed by atoms with Crippen LogP contribution in [0.2, 0.25) is 0 Å². The standard InChI is InChI=1S/C9H13N3O3/c1-5-3-12(9(14)15)4-6-2-7(13)10-11-8(5)6/h5-6H,2-4H2,1H3,(H,10,13)(H,14,15). The van der Waals surface area contributed by atoms with Crippen LogP contribution in [0.3, 0.4) is 0 Å². The Bertz CT molecular complexity index is 339. The zero-order valence-electron chi connectivity index (χ0n) is 8.43. The number of hydrogen-bond donors (Lipinski definition) is 2. The van der Waals surface area contributed by atoms with Gasteiger partial charge in [0.15, 0.2) is 0 Å². The fraction of sp³-hybridized carbons (Fsp3) is 0.667. The molecule has 0 saturated carbocycles. The molecular weight excluding hydrogens is 198 g/mol. The molecule has 0 spiro atoms. The van der Waals surface area contributed by atoms with Gasteiger partial charge in [0.2, 0.25) is 5.91 Å². The van der Waals surface area contributed by atoms with Crippen LogP contribution >= 0.6 is 0 Å². The minimum Gasteiger partial charge on any atom is -0.465 e. The van der Waals surface area contributed by atoms with Crippen LogP contribution in [-0.2, 0) is 4.79 Å². The van der Waals surface area contributed by atoms with Gasteiger partial charge in [-0.1, -0.05) is 6.92 Å². The molecule has 1 fully saturated rings. The van der Waals surface area contributed by atoms with Gasteiger partial charge in [-0.05, 0) is 0 Å². The van der Waals surface area contributed by atoms with Crippen LogP contribution in [0.1, 0.15) is 13.3 Å². The van der Waals surface area contributed by atoms with Gasteiger partial charge < -0.3 is 10.0 Å². The maximum Gasteiger partial charge on any atom is 0.407 e. The third-order valence-corrected chi connectivity index (χ3v) is 2.87. The molecule has 2 rings (SSSR count). The van der Waals surface area contributed by atoms with Crippen LogP contribution in [-0.4, -0.2) is 40.8 Å². The summed E-state index contributed by atoms with van der Waals surface area (Å²) in [5.74, 6) is -0.0951. The third-order valence-electron chi connectivity index (χ3n) is 2.87. The Morgan fingerprint density at radius 2 is 2.33 bits per heavy atom. The molecule has 2 atom stereocenters. The van der Waals surface area contributed by atoms with Gasteiger partial charge in [0, 0.05) is 37.1 Å². The molecule has 6 nitrogen and oxygen atoms in total. The Labute approximate surface area is 86.9 Å². The second-order valence-electron chi connectivity index (χ2n) is 4.06. The first-order valence-electron chi connectivity index (χ1n) is 4.92. The zero-order valence-corrected chi connectivity index (χ0v) is 8.43. The Balaban J connectivity index is 2.18. The quantitative estimate of drug-likeness (QED) is 0.596. The summed E-state index contributed by atoms with van der Waals surface area (Å²) in [5.41, 5.74) is 3.36. The van der Waals surface area contributed by atoms with E-state index in [-0.39, 0.29) is 17.7 Å². The molecule has 6 heteroatoms. The lowest BCUT2D eigenvalue weighted by atomic mass is 9.85. The summed E-state index contributed by atoms with van der Waals surface area (Å²) in [4.78, 5) is 23.3. The number of hydrogen-bond acceptors (Lipinski definition) is 3. The highest BCUT2D eigenvalue weighted by molar-refractivity contribution is 5.97. The molecule has 2 heterocycles. The van der Waals surface area contributed by atoms with Crippen LogP contribution in [0.15, 0.2) is 5.10 Å². The molecule has 0 aromatic heterocycles. The Kier molecular flexibility index (Phi) is 2.34. The van der Waals surface area contributed by atoms with Crippen LogP contribution in [0.4, 0.5) is 4.79 Å². The molecule has 0 radical (unpaired) electrons. The van der Waals surface area contributed by atoms with E-state index in [9.17, 15) is 9.59 Å². The van der Waals surface area contributed by atoms with Crippen molar-refractivity contribution in [3.05, 3.63) is 0 Å². The number of piperidine rings is 1. The summed E-state index contributed by atoms with van der Waals surface area (Å²) in [7, 11) is 0. The molecule has 2 unspecified atom stereocenters. The first-order valence-corrected chi connectivity index (χ1v) is 4.92. The fourth-order valence-corrected chi connectivity index (χ4v) is 2.18. The van der Waals surface area contributed by atoms with Gasteiger partial charge in [-0.3, -0.25) is 4.79 Å². The first-order chi connectivity index (χ1) is 7.08. The van der Waals surface area contributed by atoms with Crippen molar-refractivity contribution in [2.24, 2.45) is 16.9 Å². The van der Waals surface area contributed by atoms with Crippen molar-refractivity contribution in [3.8, 4) is 0 Å². The number of nitrogens with one attached hydrogen (secondary N) is 1. The SMILES string of the molecule is CC1CN(C(=O)O)CC2CC(=O)NN=C12. The van der Waals surface area contributed by atoms with E-state index in [0.29, 0.717) is 19.5 Å². The highest BCUT2D eigenvalue weighted by atomic mass is 16.4. The van der Waals surface area contributed by atoms with Gasteiger partial charge in [0.25, 0.3) is 0 Å². The molecular formula is C9H13N3O3. The second-order valence-corrected chi connectivity index (χ2v) is 4.06. The van der Waals surface area contributed by atoms with Gasteiger partial charge in [-0.2, -0.15) is 5.10 Å². The topological polar surface area (TPSA) is 82.0 Å². The van der Waals surface area contributed by atoms with Crippen molar-refractivity contribution in [3.63, 3.8) is 0 Å². The van der Waals surface area contributed by atoms with E-state index < -0.39 is 6.09 Å². The number of carboxylic acid groups (broad SMARTS) is 1. The van der Waals surface area contributed by atoms with E-state index in [1.165, 1.54) is 4.90 Å². The van der Waals surface area contributed by atoms with Crippen molar-refractivity contribution in [2.45, 2.75) is 13.3 Å². The number of hydrazone groups is 1. The summed E-state index contributed by atoms with van der Waals surface area (Å²) < 4.78 is 0. The summed E-state index contributed by atoms with van der Waals surface area (Å²) >= 11 is 0. The normalized spacial score (nSPS) is 30.3. The molecule has 2 aliphatic rings. The Morgan fingerprint density at radius 1 is 1.60 bits per heavy atom. The first kappa shape index (κ1) is 9.95. The third kappa shape index (κ3) is 1.79. The van der Waals surface area contributed by atoms with Gasteiger partial charge in [-0.25, -0.2) is 10.2 Å². The number of likely N-dealkylation sites (tertiary alicyclic amines) is 1. The number of carbonyl (C=O) groups excluding carboxylic acids is 1. The monoisotopic (exact) mass is 211 g/mol. The average Bonchev–Trinajstić information content (AvgIpc) is 2.16. The van der Waals surface area contributed by atoms with Crippen LogP contribution in [0, 0.1) is 11.8 Å². The maximum atomic E-state index is 11.1. The predicted octanol–water partition coefficient (Wildman–Crippen LogP) is 0.108. The van der Waals surface area contributed by atoms with E-state index in [1.807, 2.05) is 6.92 Å². The average molecular weight is 211 g/mol. The minimum atomic E-state index is -0.924. The Hall–Kier alpha value is -1.59. The van der Waals surface area contributed by atoms with E-state index >= 15 is 0 Å². The van der Waals surface area contributed by atoms with Crippen molar-refractivity contribution in [1.29, 1.82) is 0 Å². The fourth-order valence-electron chi connectivity index (χ4n) is 2.18. The van der Waals surface area contributed by atoms with Gasteiger partial charge >= 0.3 is 6.09 Å². The molecule has 82 valence electrons. The lowest BCUT2D eigenvalue weighted by Gasteiger charge is -2.37. The van der Waals surface area contributed by atoms with Gasteiger partial charge in [0.1, 0.15) is 0 Å². The summed E-state index contributed by atoms with van der Waals surface area (Å²) in [6, 6.07) is 0. The number of fused-ring (bicyclic) bond motifs is 1. The van der Waals surface area contributed by atoms with E-state index in [0.717, 1.165) is 5.71 Å². The highest BCUT2D eigenvalue weighted by Gasteiger charge is 2.36. The van der Waals surface area contributed by atoms with Gasteiger partial charge in [0.05, 0.1) is 0 Å². The van der Waals surface area contributed by atoms with Crippen molar-refractivity contribution in [1.82, 2.24) is 10.3 Å². The molecule has 1 saturated heterocycles. The molecule has 2 aliphatic heterocycles. The number of carbonyl (C=O) groups is 2. The molecule has 2 amide bonds. The highest BCUT2D eigenvalue weighted by Crippen LogP contribution is 2.23. The van der Waals surface area contributed by atoms with E-state index in [1.54, 1.807) is 0 Å². The van der Waals surface area contributed by atoms with Crippen LogP contribution in [0.5, 0.6) is 0 Å².